The Labute approximate surface area is 123 Å². The summed E-state index contributed by atoms with van der Waals surface area (Å²) in [5.41, 5.74) is 0. The third-order valence-electron chi connectivity index (χ3n) is 2.74. The number of ether oxygens (including phenoxy) is 1. The van der Waals surface area contributed by atoms with Gasteiger partial charge in [-0.2, -0.15) is 0 Å². The molecule has 0 aliphatic heterocycles. The zero-order chi connectivity index (χ0) is 15.8. The Bertz CT molecular complexity index is 472. The molecule has 8 nitrogen and oxygen atoms in total. The van der Waals surface area contributed by atoms with Crippen molar-refractivity contribution in [2.24, 2.45) is 0 Å². The van der Waals surface area contributed by atoms with Gasteiger partial charge in [-0.25, -0.2) is 0 Å². The van der Waals surface area contributed by atoms with Crippen LogP contribution in [0.25, 0.3) is 0 Å². The van der Waals surface area contributed by atoms with Gasteiger partial charge in [0.1, 0.15) is 0 Å². The van der Waals surface area contributed by atoms with Crippen molar-refractivity contribution in [3.05, 3.63) is 5.89 Å². The van der Waals surface area contributed by atoms with E-state index in [-0.39, 0.29) is 30.4 Å². The van der Waals surface area contributed by atoms with Gasteiger partial charge in [0.05, 0.1) is 13.7 Å². The first-order valence-electron chi connectivity index (χ1n) is 6.81. The van der Waals surface area contributed by atoms with E-state index in [1.807, 2.05) is 13.8 Å². The summed E-state index contributed by atoms with van der Waals surface area (Å²) in [6.07, 6.45) is 0.971. The maximum absolute atomic E-state index is 11.8. The van der Waals surface area contributed by atoms with E-state index in [1.54, 1.807) is 11.9 Å². The Morgan fingerprint density at radius 2 is 2.10 bits per heavy atom. The summed E-state index contributed by atoms with van der Waals surface area (Å²) in [4.78, 5) is 24.6. The molecule has 8 heteroatoms. The van der Waals surface area contributed by atoms with Crippen molar-refractivity contribution >= 4 is 17.9 Å². The molecule has 1 amide bonds. The molecule has 1 N–H and O–H groups in total. The van der Waals surface area contributed by atoms with Crippen LogP contribution in [-0.4, -0.2) is 54.2 Å². The van der Waals surface area contributed by atoms with E-state index in [0.29, 0.717) is 25.3 Å². The molecule has 0 fully saturated rings. The molecule has 0 atom stereocenters. The summed E-state index contributed by atoms with van der Waals surface area (Å²) in [6, 6.07) is 0.103. The number of nitrogens with one attached hydrogen (secondary N) is 1. The highest BCUT2D eigenvalue weighted by atomic mass is 16.5. The maximum Gasteiger partial charge on any atom is 0.322 e. The van der Waals surface area contributed by atoms with E-state index >= 15 is 0 Å². The van der Waals surface area contributed by atoms with Crippen LogP contribution in [0.2, 0.25) is 0 Å². The van der Waals surface area contributed by atoms with Gasteiger partial charge >= 0.3 is 12.0 Å². The van der Waals surface area contributed by atoms with Gasteiger partial charge in [0.2, 0.25) is 11.8 Å². The molecule has 0 aromatic carbocycles. The first-order valence-corrected chi connectivity index (χ1v) is 6.81. The molecule has 0 aliphatic carbocycles. The van der Waals surface area contributed by atoms with E-state index in [9.17, 15) is 9.59 Å². The molecule has 0 unspecified atom stereocenters. The van der Waals surface area contributed by atoms with Crippen molar-refractivity contribution in [1.82, 2.24) is 15.1 Å². The normalized spacial score (nSPS) is 11.0. The number of carbonyl (C=O) groups excluding carboxylic acids is 2. The smallest absolute Gasteiger partial charge is 0.322 e. The predicted octanol–water partition coefficient (Wildman–Crippen LogP) is 1.02. The summed E-state index contributed by atoms with van der Waals surface area (Å²) in [7, 11) is 3.15. The number of amides is 1. The first-order chi connectivity index (χ1) is 9.92. The van der Waals surface area contributed by atoms with Crippen molar-refractivity contribution in [3.63, 3.8) is 0 Å². The second-order valence-electron chi connectivity index (χ2n) is 5.07. The number of carbonyl (C=O) groups is 2. The highest BCUT2D eigenvalue weighted by Crippen LogP contribution is 2.14. The zero-order valence-corrected chi connectivity index (χ0v) is 12.9. The van der Waals surface area contributed by atoms with E-state index in [4.69, 9.17) is 4.42 Å². The molecule has 0 bridgehead atoms. The molecule has 1 aromatic rings. The van der Waals surface area contributed by atoms with Crippen molar-refractivity contribution < 1.29 is 18.7 Å². The fourth-order valence-electron chi connectivity index (χ4n) is 1.60. The number of aromatic nitrogens is 2. The molecular weight excluding hydrogens is 276 g/mol. The SMILES string of the molecule is COC(=O)CCCN(C)CC(=O)Nc1nnc(C(C)C)o1. The minimum absolute atomic E-state index is 0.103. The Hall–Kier alpha value is -1.96. The van der Waals surface area contributed by atoms with Crippen LogP contribution in [0, 0.1) is 0 Å². The third kappa shape index (κ3) is 6.35. The van der Waals surface area contributed by atoms with Gasteiger partial charge in [-0.05, 0) is 20.0 Å². The largest absolute Gasteiger partial charge is 0.469 e. The number of anilines is 1. The summed E-state index contributed by atoms with van der Waals surface area (Å²) < 4.78 is 9.84. The highest BCUT2D eigenvalue weighted by Gasteiger charge is 2.13. The number of nitrogens with zero attached hydrogens (tertiary/aromatic N) is 3. The molecule has 118 valence electrons. The Balaban J connectivity index is 2.30. The lowest BCUT2D eigenvalue weighted by molar-refractivity contribution is -0.140. The number of hydrogen-bond donors (Lipinski definition) is 1. The average molecular weight is 298 g/mol. The molecule has 1 heterocycles. The topological polar surface area (TPSA) is 97.6 Å². The fraction of sp³-hybridized carbons (Fsp3) is 0.692. The van der Waals surface area contributed by atoms with Crippen molar-refractivity contribution in [2.75, 3.05) is 32.6 Å². The lowest BCUT2D eigenvalue weighted by Gasteiger charge is -2.14. The molecule has 0 saturated heterocycles. The second-order valence-corrected chi connectivity index (χ2v) is 5.07. The highest BCUT2D eigenvalue weighted by molar-refractivity contribution is 5.90. The van der Waals surface area contributed by atoms with Crippen LogP contribution in [-0.2, 0) is 14.3 Å². The molecule has 0 radical (unpaired) electrons. The van der Waals surface area contributed by atoms with Gasteiger partial charge in [-0.15, -0.1) is 5.10 Å². The Morgan fingerprint density at radius 1 is 1.38 bits per heavy atom. The molecule has 1 rings (SSSR count). The quantitative estimate of drug-likeness (QED) is 0.715. The summed E-state index contributed by atoms with van der Waals surface area (Å²) in [6.45, 7) is 4.65. The zero-order valence-electron chi connectivity index (χ0n) is 12.9. The molecule has 0 spiro atoms. The lowest BCUT2D eigenvalue weighted by Crippen LogP contribution is -2.31. The van der Waals surface area contributed by atoms with Crippen LogP contribution in [0.1, 0.15) is 38.5 Å². The van der Waals surface area contributed by atoms with E-state index in [0.717, 1.165) is 0 Å². The molecule has 21 heavy (non-hydrogen) atoms. The number of likely N-dealkylation sites (N-methyl/N-ethyl adjacent to an activating group) is 1. The Morgan fingerprint density at radius 3 is 2.67 bits per heavy atom. The number of rotatable bonds is 8. The predicted molar refractivity (Wildman–Crippen MR) is 75.8 cm³/mol. The van der Waals surface area contributed by atoms with Crippen molar-refractivity contribution in [3.8, 4) is 0 Å². The summed E-state index contributed by atoms with van der Waals surface area (Å²) in [5, 5.41) is 10.1. The van der Waals surface area contributed by atoms with Crippen LogP contribution in [0.5, 0.6) is 0 Å². The van der Waals surface area contributed by atoms with Gasteiger partial charge in [-0.3, -0.25) is 19.8 Å². The number of methoxy groups -OCH3 is 1. The van der Waals surface area contributed by atoms with E-state index in [1.165, 1.54) is 7.11 Å². The number of esters is 1. The number of hydrogen-bond acceptors (Lipinski definition) is 7. The van der Waals surface area contributed by atoms with E-state index < -0.39 is 0 Å². The van der Waals surface area contributed by atoms with Crippen LogP contribution in [0.4, 0.5) is 6.01 Å². The first kappa shape index (κ1) is 17.1. The van der Waals surface area contributed by atoms with Crippen LogP contribution in [0.3, 0.4) is 0 Å². The maximum atomic E-state index is 11.8. The van der Waals surface area contributed by atoms with Crippen LogP contribution < -0.4 is 5.32 Å². The van der Waals surface area contributed by atoms with Crippen molar-refractivity contribution in [2.45, 2.75) is 32.6 Å². The van der Waals surface area contributed by atoms with Crippen LogP contribution in [0.15, 0.2) is 4.42 Å². The minimum Gasteiger partial charge on any atom is -0.469 e. The minimum atomic E-state index is -0.250. The van der Waals surface area contributed by atoms with Crippen LogP contribution >= 0.6 is 0 Å². The second kappa shape index (κ2) is 8.35. The Kier molecular flexibility index (Phi) is 6.80. The van der Waals surface area contributed by atoms with Gasteiger partial charge in [-0.1, -0.05) is 18.9 Å². The fourth-order valence-corrected chi connectivity index (χ4v) is 1.60. The average Bonchev–Trinajstić information content (AvgIpc) is 2.86. The summed E-state index contributed by atoms with van der Waals surface area (Å²) >= 11 is 0. The van der Waals surface area contributed by atoms with Gasteiger partial charge in [0.15, 0.2) is 0 Å². The van der Waals surface area contributed by atoms with Gasteiger partial charge < -0.3 is 9.15 Å². The lowest BCUT2D eigenvalue weighted by atomic mass is 10.2. The van der Waals surface area contributed by atoms with Crippen molar-refractivity contribution in [1.29, 1.82) is 0 Å². The molecule has 0 saturated carbocycles. The summed E-state index contributed by atoms with van der Waals surface area (Å²) in [5.74, 6) is 0.107. The van der Waals surface area contributed by atoms with E-state index in [2.05, 4.69) is 20.3 Å². The van der Waals surface area contributed by atoms with Gasteiger partial charge in [0.25, 0.3) is 0 Å². The molecular formula is C13H22N4O4. The monoisotopic (exact) mass is 298 g/mol. The molecule has 1 aromatic heterocycles. The molecule has 0 aliphatic rings. The standard InChI is InChI=1S/C13H22N4O4/c1-9(2)12-15-16-13(21-12)14-10(18)8-17(3)7-5-6-11(19)20-4/h9H,5-8H2,1-4H3,(H,14,16,18). The van der Waals surface area contributed by atoms with Gasteiger partial charge in [0, 0.05) is 12.3 Å². The third-order valence-corrected chi connectivity index (χ3v) is 2.74.